The molecule has 1 aromatic carbocycles. The summed E-state index contributed by atoms with van der Waals surface area (Å²) in [4.78, 5) is 35.3. The number of aromatic nitrogens is 2. The number of hydrogen-bond acceptors (Lipinski definition) is 8. The average molecular weight is 463 g/mol. The van der Waals surface area contributed by atoms with Crippen molar-refractivity contribution >= 4 is 51.8 Å². The van der Waals surface area contributed by atoms with Crippen LogP contribution in [0.25, 0.3) is 0 Å². The maximum Gasteiger partial charge on any atom is 0.413 e. The fraction of sp³-hybridized carbons (Fsp3) is 0.312. The number of rotatable bonds is 8. The van der Waals surface area contributed by atoms with E-state index < -0.39 is 52.8 Å². The van der Waals surface area contributed by atoms with Gasteiger partial charge in [-0.25, -0.2) is 18.0 Å². The highest BCUT2D eigenvalue weighted by Crippen LogP contribution is 2.29. The molecule has 162 valence electrons. The molecule has 0 spiro atoms. The van der Waals surface area contributed by atoms with Crippen LogP contribution >= 0.6 is 23.1 Å². The molecule has 1 atom stereocenters. The number of halogens is 3. The summed E-state index contributed by atoms with van der Waals surface area (Å²) in [6.45, 7) is 2.87. The first-order valence-corrected chi connectivity index (χ1v) is 10.1. The number of anilines is 2. The summed E-state index contributed by atoms with van der Waals surface area (Å²) in [6, 6.07) is 1.53. The van der Waals surface area contributed by atoms with E-state index >= 15 is 0 Å². The van der Waals surface area contributed by atoms with Crippen LogP contribution in [0, 0.1) is 17.5 Å². The molecule has 0 saturated carbocycles. The normalized spacial score (nSPS) is 11.5. The van der Waals surface area contributed by atoms with Crippen LogP contribution in [-0.2, 0) is 14.3 Å². The monoisotopic (exact) mass is 463 g/mol. The highest BCUT2D eigenvalue weighted by Gasteiger charge is 2.20. The second-order valence-electron chi connectivity index (χ2n) is 5.47. The highest BCUT2D eigenvalue weighted by molar-refractivity contribution is 8.02. The topological polar surface area (TPSA) is 122 Å². The minimum Gasteiger partial charge on any atom is -0.450 e. The third kappa shape index (κ3) is 6.59. The van der Waals surface area contributed by atoms with Gasteiger partial charge in [0.15, 0.2) is 21.8 Å². The van der Waals surface area contributed by atoms with Crippen molar-refractivity contribution in [2.75, 3.05) is 23.8 Å². The Balaban J connectivity index is 1.82. The van der Waals surface area contributed by atoms with E-state index in [4.69, 9.17) is 4.74 Å². The quantitative estimate of drug-likeness (QED) is 0.313. The third-order valence-electron chi connectivity index (χ3n) is 3.27. The highest BCUT2D eigenvalue weighted by atomic mass is 32.2. The van der Waals surface area contributed by atoms with Crippen molar-refractivity contribution in [2.45, 2.75) is 23.4 Å². The van der Waals surface area contributed by atoms with E-state index in [-0.39, 0.29) is 11.7 Å². The number of benzene rings is 1. The average Bonchev–Trinajstić information content (AvgIpc) is 3.13. The van der Waals surface area contributed by atoms with E-state index in [9.17, 15) is 27.6 Å². The Bertz CT molecular complexity index is 944. The number of carbonyl (C=O) groups excluding carboxylic acids is 3. The largest absolute Gasteiger partial charge is 0.450 e. The molecule has 1 aromatic heterocycles. The van der Waals surface area contributed by atoms with E-state index in [0.29, 0.717) is 10.4 Å². The zero-order valence-corrected chi connectivity index (χ0v) is 17.3. The Morgan fingerprint density at radius 2 is 1.90 bits per heavy atom. The van der Waals surface area contributed by atoms with Crippen LogP contribution in [0.15, 0.2) is 16.5 Å². The molecule has 0 radical (unpaired) electrons. The lowest BCUT2D eigenvalue weighted by molar-refractivity contribution is -0.123. The summed E-state index contributed by atoms with van der Waals surface area (Å²) >= 11 is 2.06. The summed E-state index contributed by atoms with van der Waals surface area (Å²) in [6.07, 6.45) is -0.681. The number of hydrogen-bond donors (Lipinski definition) is 3. The number of nitrogens with one attached hydrogen (secondary N) is 3. The van der Waals surface area contributed by atoms with Crippen molar-refractivity contribution in [2.24, 2.45) is 0 Å². The van der Waals surface area contributed by atoms with Crippen LogP contribution in [0.2, 0.25) is 0 Å². The second-order valence-corrected chi connectivity index (χ2v) is 8.03. The smallest absolute Gasteiger partial charge is 0.413 e. The molecule has 2 aromatic rings. The van der Waals surface area contributed by atoms with Gasteiger partial charge in [-0.3, -0.25) is 14.9 Å². The van der Waals surface area contributed by atoms with Crippen LogP contribution in [0.1, 0.15) is 13.8 Å². The van der Waals surface area contributed by atoms with Crippen LogP contribution < -0.4 is 16.0 Å². The molecule has 3 amide bonds. The number of carbonyl (C=O) groups is 3. The fourth-order valence-corrected chi connectivity index (χ4v) is 3.80. The van der Waals surface area contributed by atoms with Gasteiger partial charge < -0.3 is 15.4 Å². The molecule has 1 heterocycles. The number of amides is 3. The molecule has 3 N–H and O–H groups in total. The number of thioether (sulfide) groups is 1. The van der Waals surface area contributed by atoms with Crippen molar-refractivity contribution < 1.29 is 32.3 Å². The molecule has 0 aliphatic rings. The molecule has 0 aliphatic carbocycles. The number of nitrogens with zero attached hydrogens (tertiary/aromatic N) is 2. The zero-order valence-electron chi connectivity index (χ0n) is 15.6. The molecule has 30 heavy (non-hydrogen) atoms. The minimum absolute atomic E-state index is 0.191. The predicted octanol–water partition coefficient (Wildman–Crippen LogP) is 2.76. The predicted molar refractivity (Wildman–Crippen MR) is 104 cm³/mol. The van der Waals surface area contributed by atoms with Gasteiger partial charge in [0.1, 0.15) is 0 Å². The van der Waals surface area contributed by atoms with Crippen LogP contribution in [0.5, 0.6) is 0 Å². The van der Waals surface area contributed by atoms with Gasteiger partial charge >= 0.3 is 6.09 Å². The minimum atomic E-state index is -1.71. The molecule has 2 rings (SSSR count). The van der Waals surface area contributed by atoms with E-state index in [1.54, 1.807) is 13.8 Å². The van der Waals surface area contributed by atoms with Gasteiger partial charge in [-0.1, -0.05) is 23.1 Å². The van der Waals surface area contributed by atoms with Gasteiger partial charge in [-0.2, -0.15) is 0 Å². The molecule has 0 fully saturated rings. The van der Waals surface area contributed by atoms with Gasteiger partial charge in [0.05, 0.1) is 24.1 Å². The van der Waals surface area contributed by atoms with Crippen molar-refractivity contribution in [1.82, 2.24) is 15.5 Å². The third-order valence-corrected chi connectivity index (χ3v) is 5.29. The summed E-state index contributed by atoms with van der Waals surface area (Å²) in [5.74, 6) is -6.00. The molecule has 0 saturated heterocycles. The first-order chi connectivity index (χ1) is 14.2. The van der Waals surface area contributed by atoms with Gasteiger partial charge in [0.25, 0.3) is 0 Å². The molecule has 9 nitrogen and oxygen atoms in total. The maximum atomic E-state index is 13.6. The lowest BCUT2D eigenvalue weighted by atomic mass is 10.2. The van der Waals surface area contributed by atoms with E-state index in [1.165, 1.54) is 0 Å². The summed E-state index contributed by atoms with van der Waals surface area (Å²) in [5.41, 5.74) is -0.550. The zero-order chi connectivity index (χ0) is 22.3. The van der Waals surface area contributed by atoms with E-state index in [1.807, 2.05) is 5.32 Å². The van der Waals surface area contributed by atoms with Crippen molar-refractivity contribution in [3.8, 4) is 0 Å². The molecule has 14 heteroatoms. The molecule has 1 unspecified atom stereocenters. The maximum absolute atomic E-state index is 13.6. The standard InChI is InChI=1S/C16H16F3N5O4S2/c1-3-28-15(27)22-14-23-24-16(30-14)29-7(2)13(26)20-6-10(25)21-9-5-4-8(17)11(18)12(9)19/h4-5,7H,3,6H2,1-2H3,(H,20,26)(H,21,25)(H,22,23,27). The van der Waals surface area contributed by atoms with Gasteiger partial charge in [0.2, 0.25) is 16.9 Å². The lowest BCUT2D eigenvalue weighted by Crippen LogP contribution is -2.37. The SMILES string of the molecule is CCOC(=O)Nc1nnc(SC(C)C(=O)NCC(=O)Nc2ccc(F)c(F)c2F)s1. The first-order valence-electron chi connectivity index (χ1n) is 8.36. The van der Waals surface area contributed by atoms with Crippen molar-refractivity contribution in [3.63, 3.8) is 0 Å². The Morgan fingerprint density at radius 1 is 1.17 bits per heavy atom. The van der Waals surface area contributed by atoms with Gasteiger partial charge in [-0.15, -0.1) is 10.2 Å². The Kier molecular flexibility index (Phi) is 8.41. The Hall–Kier alpha value is -2.87. The molecule has 0 aliphatic heterocycles. The molecular formula is C16H16F3N5O4S2. The van der Waals surface area contributed by atoms with Gasteiger partial charge in [0, 0.05) is 0 Å². The van der Waals surface area contributed by atoms with Crippen LogP contribution in [0.4, 0.5) is 28.8 Å². The number of ether oxygens (including phenoxy) is 1. The first kappa shape index (κ1) is 23.4. The van der Waals surface area contributed by atoms with Crippen LogP contribution in [-0.4, -0.2) is 46.5 Å². The van der Waals surface area contributed by atoms with E-state index in [2.05, 4.69) is 20.8 Å². The fourth-order valence-electron chi connectivity index (χ4n) is 1.90. The lowest BCUT2D eigenvalue weighted by Gasteiger charge is -2.11. The second kappa shape index (κ2) is 10.8. The van der Waals surface area contributed by atoms with Crippen LogP contribution in [0.3, 0.4) is 0 Å². The molecular weight excluding hydrogens is 447 g/mol. The summed E-state index contributed by atoms with van der Waals surface area (Å²) < 4.78 is 44.7. The summed E-state index contributed by atoms with van der Waals surface area (Å²) in [5, 5.41) is 13.8. The summed E-state index contributed by atoms with van der Waals surface area (Å²) in [7, 11) is 0. The Morgan fingerprint density at radius 3 is 2.60 bits per heavy atom. The van der Waals surface area contributed by atoms with Gasteiger partial charge in [-0.05, 0) is 26.0 Å². The Labute approximate surface area is 176 Å². The van der Waals surface area contributed by atoms with Crippen molar-refractivity contribution in [1.29, 1.82) is 0 Å². The van der Waals surface area contributed by atoms with E-state index in [0.717, 1.165) is 29.2 Å². The molecule has 0 bridgehead atoms. The van der Waals surface area contributed by atoms with Crippen molar-refractivity contribution in [3.05, 3.63) is 29.6 Å².